The van der Waals surface area contributed by atoms with Gasteiger partial charge in [0.15, 0.2) is 0 Å². The molecule has 0 aromatic carbocycles. The molecule has 2 bridgehead atoms. The van der Waals surface area contributed by atoms with Gasteiger partial charge >= 0.3 is 0 Å². The fourth-order valence-corrected chi connectivity index (χ4v) is 4.89. The second-order valence-electron chi connectivity index (χ2n) is 4.32. The highest BCUT2D eigenvalue weighted by Crippen LogP contribution is 2.58. The molecule has 0 aromatic rings. The van der Waals surface area contributed by atoms with Crippen LogP contribution in [0.2, 0.25) is 0 Å². The first kappa shape index (κ1) is 6.93. The monoisotopic (exact) mass is 260 g/mol. The van der Waals surface area contributed by atoms with Gasteiger partial charge in [0.2, 0.25) is 0 Å². The van der Waals surface area contributed by atoms with Crippen LogP contribution in [0.4, 0.5) is 0 Å². The number of halogens is 1. The Balaban J connectivity index is 1.94. The molecule has 2 fully saturated rings. The Kier molecular flexibility index (Phi) is 1.41. The summed E-state index contributed by atoms with van der Waals surface area (Å²) < 4.78 is 1.00. The molecule has 3 rings (SSSR count). The fraction of sp³-hybridized carbons (Fsp3) is 0.800. The van der Waals surface area contributed by atoms with E-state index in [4.69, 9.17) is 0 Å². The Morgan fingerprint density at radius 3 is 3.00 bits per heavy atom. The molecule has 3 aliphatic rings. The van der Waals surface area contributed by atoms with Crippen molar-refractivity contribution in [1.82, 2.24) is 0 Å². The molecular formula is C10H13I. The van der Waals surface area contributed by atoms with Crippen molar-refractivity contribution in [2.75, 3.05) is 0 Å². The maximum absolute atomic E-state index is 2.67. The van der Waals surface area contributed by atoms with Crippen molar-refractivity contribution >= 4 is 22.6 Å². The Morgan fingerprint density at radius 1 is 1.18 bits per heavy atom. The number of fused-ring (bicyclic) bond motifs is 5. The van der Waals surface area contributed by atoms with E-state index in [1.165, 1.54) is 12.8 Å². The summed E-state index contributed by atoms with van der Waals surface area (Å²) in [5.41, 5.74) is 0. The lowest BCUT2D eigenvalue weighted by molar-refractivity contribution is 0.297. The van der Waals surface area contributed by atoms with Crippen molar-refractivity contribution < 1.29 is 0 Å². The van der Waals surface area contributed by atoms with Gasteiger partial charge in [-0.3, -0.25) is 0 Å². The van der Waals surface area contributed by atoms with Gasteiger partial charge in [-0.1, -0.05) is 34.7 Å². The Labute approximate surface area is 81.6 Å². The Hall–Kier alpha value is 0.470. The predicted octanol–water partition coefficient (Wildman–Crippen LogP) is 3.02. The summed E-state index contributed by atoms with van der Waals surface area (Å²) in [5, 5.41) is 0. The van der Waals surface area contributed by atoms with E-state index in [1.54, 1.807) is 6.42 Å². The number of hydrogen-bond acceptors (Lipinski definition) is 0. The third-order valence-electron chi connectivity index (χ3n) is 3.93. The van der Waals surface area contributed by atoms with Crippen LogP contribution in [-0.4, -0.2) is 3.92 Å². The summed E-state index contributed by atoms with van der Waals surface area (Å²) in [6.07, 6.45) is 9.39. The molecule has 0 spiro atoms. The molecule has 0 radical (unpaired) electrons. The van der Waals surface area contributed by atoms with Crippen molar-refractivity contribution in [3.63, 3.8) is 0 Å². The van der Waals surface area contributed by atoms with E-state index in [0.29, 0.717) is 0 Å². The first-order valence-corrected chi connectivity index (χ1v) is 5.91. The zero-order valence-electron chi connectivity index (χ0n) is 6.54. The molecule has 0 N–H and O–H groups in total. The van der Waals surface area contributed by atoms with Crippen molar-refractivity contribution in [1.29, 1.82) is 0 Å². The third-order valence-corrected chi connectivity index (χ3v) is 5.36. The summed E-state index contributed by atoms with van der Waals surface area (Å²) in [6, 6.07) is 0. The lowest BCUT2D eigenvalue weighted by atomic mass is 9.81. The van der Waals surface area contributed by atoms with Crippen LogP contribution in [0.1, 0.15) is 19.3 Å². The van der Waals surface area contributed by atoms with Crippen LogP contribution in [0.15, 0.2) is 12.2 Å². The average molecular weight is 260 g/mol. The van der Waals surface area contributed by atoms with Crippen molar-refractivity contribution in [3.05, 3.63) is 12.2 Å². The minimum Gasteiger partial charge on any atom is -0.0879 e. The lowest BCUT2D eigenvalue weighted by Gasteiger charge is -2.27. The third kappa shape index (κ3) is 0.809. The van der Waals surface area contributed by atoms with E-state index in [1.807, 2.05) is 0 Å². The minimum atomic E-state index is 0.996. The molecule has 0 amide bonds. The molecule has 0 aliphatic heterocycles. The number of hydrogen-bond donors (Lipinski definition) is 0. The fourth-order valence-electron chi connectivity index (χ4n) is 3.46. The van der Waals surface area contributed by atoms with Gasteiger partial charge in [-0.2, -0.15) is 0 Å². The smallest absolute Gasteiger partial charge is 0.0146 e. The first-order valence-electron chi connectivity index (χ1n) is 4.67. The van der Waals surface area contributed by atoms with Crippen molar-refractivity contribution in [2.45, 2.75) is 23.2 Å². The highest BCUT2D eigenvalue weighted by atomic mass is 127. The molecule has 2 saturated carbocycles. The first-order chi connectivity index (χ1) is 5.36. The normalized spacial score (nSPS) is 58.8. The molecule has 0 aromatic heterocycles. The molecule has 5 atom stereocenters. The van der Waals surface area contributed by atoms with Gasteiger partial charge in [-0.15, -0.1) is 0 Å². The maximum Gasteiger partial charge on any atom is 0.0146 e. The quantitative estimate of drug-likeness (QED) is 0.357. The Bertz CT molecular complexity index is 209. The standard InChI is InChI=1S/C10H13I/c11-10-5-6-4-9(10)8-3-1-2-7(6)8/h1,3,6-10H,2,4-5H2/t6-,7-,8-,9+,10-/m1/s1. The molecule has 11 heavy (non-hydrogen) atoms. The van der Waals surface area contributed by atoms with Crippen LogP contribution >= 0.6 is 22.6 Å². The molecule has 3 aliphatic carbocycles. The number of rotatable bonds is 0. The summed E-state index contributed by atoms with van der Waals surface area (Å²) >= 11 is 2.67. The van der Waals surface area contributed by atoms with Gasteiger partial charge in [0.25, 0.3) is 0 Å². The molecule has 0 nitrogen and oxygen atoms in total. The summed E-state index contributed by atoms with van der Waals surface area (Å²) in [7, 11) is 0. The summed E-state index contributed by atoms with van der Waals surface area (Å²) in [5.74, 6) is 4.23. The SMILES string of the molecule is I[C@@H]1C[C@H]2C[C@H]1[C@@H]1C=CC[C@H]21. The maximum atomic E-state index is 2.67. The molecule has 0 heterocycles. The van der Waals surface area contributed by atoms with Gasteiger partial charge < -0.3 is 0 Å². The lowest BCUT2D eigenvalue weighted by Crippen LogP contribution is -2.23. The second kappa shape index (κ2) is 2.24. The molecule has 0 unspecified atom stereocenters. The van der Waals surface area contributed by atoms with E-state index < -0.39 is 0 Å². The summed E-state index contributed by atoms with van der Waals surface area (Å²) in [6.45, 7) is 0. The molecule has 0 saturated heterocycles. The van der Waals surface area contributed by atoms with E-state index in [9.17, 15) is 0 Å². The number of alkyl halides is 1. The Morgan fingerprint density at radius 2 is 2.09 bits per heavy atom. The van der Waals surface area contributed by atoms with Crippen LogP contribution in [-0.2, 0) is 0 Å². The second-order valence-corrected chi connectivity index (χ2v) is 5.92. The van der Waals surface area contributed by atoms with E-state index in [-0.39, 0.29) is 0 Å². The van der Waals surface area contributed by atoms with Crippen molar-refractivity contribution in [2.24, 2.45) is 23.7 Å². The van der Waals surface area contributed by atoms with Crippen LogP contribution in [0, 0.1) is 23.7 Å². The highest BCUT2D eigenvalue weighted by molar-refractivity contribution is 14.1. The van der Waals surface area contributed by atoms with E-state index >= 15 is 0 Å². The van der Waals surface area contributed by atoms with Crippen LogP contribution in [0.5, 0.6) is 0 Å². The van der Waals surface area contributed by atoms with Gasteiger partial charge in [0, 0.05) is 3.92 Å². The average Bonchev–Trinajstić information content (AvgIpc) is 2.52. The zero-order valence-corrected chi connectivity index (χ0v) is 8.70. The van der Waals surface area contributed by atoms with Gasteiger partial charge in [0.1, 0.15) is 0 Å². The highest BCUT2D eigenvalue weighted by Gasteiger charge is 2.51. The van der Waals surface area contributed by atoms with Gasteiger partial charge in [0.05, 0.1) is 0 Å². The van der Waals surface area contributed by atoms with Gasteiger partial charge in [-0.25, -0.2) is 0 Å². The zero-order chi connectivity index (χ0) is 7.42. The molecule has 1 heteroatoms. The predicted molar refractivity (Wildman–Crippen MR) is 54.8 cm³/mol. The van der Waals surface area contributed by atoms with E-state index in [2.05, 4.69) is 34.7 Å². The molecule has 60 valence electrons. The number of allylic oxidation sites excluding steroid dienone is 2. The topological polar surface area (TPSA) is 0 Å². The van der Waals surface area contributed by atoms with Crippen LogP contribution < -0.4 is 0 Å². The van der Waals surface area contributed by atoms with E-state index in [0.717, 1.165) is 27.6 Å². The molecular weight excluding hydrogens is 247 g/mol. The minimum absolute atomic E-state index is 0.996. The van der Waals surface area contributed by atoms with Crippen LogP contribution in [0.3, 0.4) is 0 Å². The van der Waals surface area contributed by atoms with Gasteiger partial charge in [-0.05, 0) is 42.9 Å². The summed E-state index contributed by atoms with van der Waals surface area (Å²) in [4.78, 5) is 0. The largest absolute Gasteiger partial charge is 0.0879 e. The van der Waals surface area contributed by atoms with Crippen molar-refractivity contribution in [3.8, 4) is 0 Å². The van der Waals surface area contributed by atoms with Crippen LogP contribution in [0.25, 0.3) is 0 Å².